The summed E-state index contributed by atoms with van der Waals surface area (Å²) in [5.41, 5.74) is 0.592. The van der Waals surface area contributed by atoms with Crippen LogP contribution in [0.25, 0.3) is 10.8 Å². The van der Waals surface area contributed by atoms with Crippen molar-refractivity contribution >= 4 is 34.5 Å². The molecule has 0 bridgehead atoms. The highest BCUT2D eigenvalue weighted by atomic mass is 16.5. The van der Waals surface area contributed by atoms with Crippen LogP contribution in [-0.4, -0.2) is 60.4 Å². The van der Waals surface area contributed by atoms with Crippen LogP contribution in [0.15, 0.2) is 42.5 Å². The van der Waals surface area contributed by atoms with E-state index >= 15 is 0 Å². The molecular weight excluding hydrogens is 422 g/mol. The molecule has 2 aliphatic heterocycles. The second-order valence-electron chi connectivity index (χ2n) is 8.86. The van der Waals surface area contributed by atoms with Crippen LogP contribution >= 0.6 is 0 Å². The lowest BCUT2D eigenvalue weighted by atomic mass is 9.84. The van der Waals surface area contributed by atoms with Gasteiger partial charge in [-0.15, -0.1) is 0 Å². The number of rotatable bonds is 7. The highest BCUT2D eigenvalue weighted by molar-refractivity contribution is 5.92. The van der Waals surface area contributed by atoms with Crippen LogP contribution in [0.2, 0.25) is 0 Å². The maximum absolute atomic E-state index is 13.1. The van der Waals surface area contributed by atoms with Crippen molar-refractivity contribution in [3.8, 4) is 0 Å². The SMILES string of the molecule is COC(=O)CC1C(=O)NCCN1C(=O)CCC1(Cc2ccc3ccccc3c2)CCC(=O)N1. The van der Waals surface area contributed by atoms with E-state index in [1.807, 2.05) is 12.1 Å². The first kappa shape index (κ1) is 22.8. The number of benzene rings is 2. The van der Waals surface area contributed by atoms with Crippen molar-refractivity contribution in [1.82, 2.24) is 15.5 Å². The van der Waals surface area contributed by atoms with Gasteiger partial charge < -0.3 is 20.3 Å². The Kier molecular flexibility index (Phi) is 6.62. The molecule has 2 aromatic carbocycles. The molecule has 2 N–H and O–H groups in total. The number of amides is 3. The molecule has 0 spiro atoms. The second kappa shape index (κ2) is 9.60. The Labute approximate surface area is 192 Å². The number of nitrogens with zero attached hydrogens (tertiary/aromatic N) is 1. The molecule has 0 aliphatic carbocycles. The molecule has 3 amide bonds. The smallest absolute Gasteiger partial charge is 0.308 e. The summed E-state index contributed by atoms with van der Waals surface area (Å²) >= 11 is 0. The molecular formula is C25H29N3O5. The zero-order chi connectivity index (χ0) is 23.4. The number of ether oxygens (including phenoxy) is 1. The molecule has 33 heavy (non-hydrogen) atoms. The van der Waals surface area contributed by atoms with E-state index in [2.05, 4.69) is 41.0 Å². The molecule has 2 aliphatic rings. The third kappa shape index (κ3) is 5.16. The van der Waals surface area contributed by atoms with Crippen LogP contribution in [0.1, 0.15) is 37.7 Å². The van der Waals surface area contributed by atoms with E-state index in [-0.39, 0.29) is 30.6 Å². The van der Waals surface area contributed by atoms with Crippen LogP contribution in [0, 0.1) is 0 Å². The number of nitrogens with one attached hydrogen (secondary N) is 2. The molecule has 2 atom stereocenters. The predicted octanol–water partition coefficient (Wildman–Crippen LogP) is 1.70. The van der Waals surface area contributed by atoms with Gasteiger partial charge in [-0.3, -0.25) is 19.2 Å². The Morgan fingerprint density at radius 2 is 1.94 bits per heavy atom. The molecule has 0 radical (unpaired) electrons. The lowest BCUT2D eigenvalue weighted by Crippen LogP contribution is -2.58. The zero-order valence-corrected chi connectivity index (χ0v) is 18.8. The Balaban J connectivity index is 1.48. The third-order valence-corrected chi connectivity index (χ3v) is 6.65. The van der Waals surface area contributed by atoms with Gasteiger partial charge in [-0.2, -0.15) is 0 Å². The van der Waals surface area contributed by atoms with Gasteiger partial charge >= 0.3 is 5.97 Å². The quantitative estimate of drug-likeness (QED) is 0.624. The molecule has 0 aromatic heterocycles. The topological polar surface area (TPSA) is 105 Å². The van der Waals surface area contributed by atoms with Crippen molar-refractivity contribution in [1.29, 1.82) is 0 Å². The molecule has 4 rings (SSSR count). The Bertz CT molecular complexity index is 1080. The van der Waals surface area contributed by atoms with Crippen LogP contribution in [0.3, 0.4) is 0 Å². The molecule has 2 saturated heterocycles. The summed E-state index contributed by atoms with van der Waals surface area (Å²) in [6.45, 7) is 0.692. The Morgan fingerprint density at radius 1 is 1.15 bits per heavy atom. The van der Waals surface area contributed by atoms with Gasteiger partial charge in [-0.1, -0.05) is 42.5 Å². The van der Waals surface area contributed by atoms with E-state index in [1.165, 1.54) is 12.0 Å². The number of methoxy groups -OCH3 is 1. The number of piperazine rings is 1. The minimum Gasteiger partial charge on any atom is -0.469 e. The van der Waals surface area contributed by atoms with Crippen molar-refractivity contribution < 1.29 is 23.9 Å². The van der Waals surface area contributed by atoms with E-state index < -0.39 is 17.6 Å². The van der Waals surface area contributed by atoms with E-state index in [0.717, 1.165) is 16.3 Å². The highest BCUT2D eigenvalue weighted by Crippen LogP contribution is 2.31. The van der Waals surface area contributed by atoms with Gasteiger partial charge in [0.25, 0.3) is 0 Å². The fourth-order valence-corrected chi connectivity index (χ4v) is 4.87. The molecule has 2 unspecified atom stereocenters. The average molecular weight is 452 g/mol. The predicted molar refractivity (Wildman–Crippen MR) is 122 cm³/mol. The van der Waals surface area contributed by atoms with Crippen LogP contribution in [0.5, 0.6) is 0 Å². The summed E-state index contributed by atoms with van der Waals surface area (Å²) in [7, 11) is 1.26. The number of carbonyl (C=O) groups excluding carboxylic acids is 4. The maximum Gasteiger partial charge on any atom is 0.308 e. The van der Waals surface area contributed by atoms with Gasteiger partial charge in [0, 0.05) is 31.5 Å². The Hall–Kier alpha value is -3.42. The first-order chi connectivity index (χ1) is 15.9. The van der Waals surface area contributed by atoms with Gasteiger partial charge in [-0.05, 0) is 35.6 Å². The first-order valence-corrected chi connectivity index (χ1v) is 11.3. The standard InChI is InChI=1S/C25H29N3O5/c1-33-23(31)15-20-24(32)26-12-13-28(20)22(30)9-11-25(10-8-21(29)27-25)16-17-6-7-18-4-2-3-5-19(18)14-17/h2-7,14,20H,8-13,15-16H2,1H3,(H,26,32)(H,27,29). The number of carbonyl (C=O) groups is 4. The lowest BCUT2D eigenvalue weighted by Gasteiger charge is -2.36. The molecule has 2 heterocycles. The number of fused-ring (bicyclic) bond motifs is 1. The fourth-order valence-electron chi connectivity index (χ4n) is 4.87. The van der Waals surface area contributed by atoms with Gasteiger partial charge in [-0.25, -0.2) is 0 Å². The third-order valence-electron chi connectivity index (χ3n) is 6.65. The molecule has 2 aromatic rings. The Morgan fingerprint density at radius 3 is 2.67 bits per heavy atom. The summed E-state index contributed by atoms with van der Waals surface area (Å²) in [5.74, 6) is -1.09. The van der Waals surface area contributed by atoms with Gasteiger partial charge in [0.2, 0.25) is 17.7 Å². The minimum absolute atomic E-state index is 0.0100. The minimum atomic E-state index is -0.867. The van der Waals surface area contributed by atoms with Crippen molar-refractivity contribution in [3.05, 3.63) is 48.0 Å². The second-order valence-corrected chi connectivity index (χ2v) is 8.86. The molecule has 8 heteroatoms. The average Bonchev–Trinajstić information content (AvgIpc) is 3.19. The van der Waals surface area contributed by atoms with Crippen molar-refractivity contribution in [2.24, 2.45) is 0 Å². The summed E-state index contributed by atoms with van der Waals surface area (Å²) in [4.78, 5) is 50.8. The molecule has 0 saturated carbocycles. The highest BCUT2D eigenvalue weighted by Gasteiger charge is 2.40. The summed E-state index contributed by atoms with van der Waals surface area (Å²) < 4.78 is 4.69. The maximum atomic E-state index is 13.1. The zero-order valence-electron chi connectivity index (χ0n) is 18.8. The van der Waals surface area contributed by atoms with Crippen molar-refractivity contribution in [2.75, 3.05) is 20.2 Å². The van der Waals surface area contributed by atoms with Gasteiger partial charge in [0.15, 0.2) is 0 Å². The fraction of sp³-hybridized carbons (Fsp3) is 0.440. The van der Waals surface area contributed by atoms with Crippen LogP contribution in [0.4, 0.5) is 0 Å². The lowest BCUT2D eigenvalue weighted by molar-refractivity contribution is -0.150. The van der Waals surface area contributed by atoms with E-state index in [0.29, 0.717) is 38.8 Å². The van der Waals surface area contributed by atoms with Crippen LogP contribution < -0.4 is 10.6 Å². The summed E-state index contributed by atoms with van der Waals surface area (Å²) in [6, 6.07) is 13.5. The monoisotopic (exact) mass is 451 g/mol. The number of esters is 1. The number of hydrogen-bond donors (Lipinski definition) is 2. The largest absolute Gasteiger partial charge is 0.469 e. The molecule has 8 nitrogen and oxygen atoms in total. The van der Waals surface area contributed by atoms with E-state index in [9.17, 15) is 19.2 Å². The summed E-state index contributed by atoms with van der Waals surface area (Å²) in [5, 5.41) is 8.12. The van der Waals surface area contributed by atoms with Gasteiger partial charge in [0.1, 0.15) is 6.04 Å². The normalized spacial score (nSPS) is 22.7. The van der Waals surface area contributed by atoms with Gasteiger partial charge in [0.05, 0.1) is 13.5 Å². The van der Waals surface area contributed by atoms with Crippen LogP contribution in [-0.2, 0) is 30.3 Å². The molecule has 174 valence electrons. The summed E-state index contributed by atoms with van der Waals surface area (Å²) in [6.07, 6.45) is 2.18. The molecule has 2 fully saturated rings. The first-order valence-electron chi connectivity index (χ1n) is 11.3. The number of hydrogen-bond acceptors (Lipinski definition) is 5. The van der Waals surface area contributed by atoms with Crippen molar-refractivity contribution in [3.63, 3.8) is 0 Å². The van der Waals surface area contributed by atoms with Crippen molar-refractivity contribution in [2.45, 2.75) is 50.1 Å². The van der Waals surface area contributed by atoms with E-state index in [4.69, 9.17) is 4.74 Å². The van der Waals surface area contributed by atoms with E-state index in [1.54, 1.807) is 0 Å².